The summed E-state index contributed by atoms with van der Waals surface area (Å²) in [7, 11) is 0. The van der Waals surface area contributed by atoms with Crippen molar-refractivity contribution in [3.8, 4) is 0 Å². The zero-order valence-electron chi connectivity index (χ0n) is 9.22. The van der Waals surface area contributed by atoms with Gasteiger partial charge in [0.15, 0.2) is 0 Å². The molecule has 1 aromatic rings. The van der Waals surface area contributed by atoms with Crippen molar-refractivity contribution in [2.24, 2.45) is 0 Å². The number of halogens is 2. The van der Waals surface area contributed by atoms with E-state index in [9.17, 15) is 4.79 Å². The number of carbonyl (C=O) groups is 1. The van der Waals surface area contributed by atoms with Crippen LogP contribution in [-0.4, -0.2) is 23.6 Å². The van der Waals surface area contributed by atoms with E-state index in [2.05, 4.69) is 10.6 Å². The molecule has 0 aromatic heterocycles. The summed E-state index contributed by atoms with van der Waals surface area (Å²) >= 11 is 13.8. The number of rotatable bonds is 2. The minimum atomic E-state index is -0.156. The van der Waals surface area contributed by atoms with Gasteiger partial charge in [-0.2, -0.15) is 0 Å². The number of hydrogen-bond acceptors (Lipinski definition) is 3. The lowest BCUT2D eigenvalue weighted by Gasteiger charge is -2.12. The number of anilines is 1. The first kappa shape index (κ1) is 13.0. The van der Waals surface area contributed by atoms with Crippen molar-refractivity contribution >= 4 is 46.6 Å². The highest BCUT2D eigenvalue weighted by atomic mass is 35.5. The highest BCUT2D eigenvalue weighted by molar-refractivity contribution is 7.99. The molecule has 2 N–H and O–H groups in total. The summed E-state index contributed by atoms with van der Waals surface area (Å²) in [5.74, 6) is 1.51. The lowest BCUT2D eigenvalue weighted by atomic mass is 10.2. The van der Waals surface area contributed by atoms with Gasteiger partial charge in [0, 0.05) is 16.7 Å². The van der Waals surface area contributed by atoms with Crippen LogP contribution in [0.25, 0.3) is 0 Å². The van der Waals surface area contributed by atoms with Crippen molar-refractivity contribution in [1.82, 2.24) is 5.32 Å². The first-order chi connectivity index (χ1) is 8.08. The van der Waals surface area contributed by atoms with E-state index in [1.54, 1.807) is 23.9 Å². The van der Waals surface area contributed by atoms with E-state index in [0.29, 0.717) is 15.7 Å². The predicted octanol–water partition coefficient (Wildman–Crippen LogP) is 2.90. The molecule has 17 heavy (non-hydrogen) atoms. The van der Waals surface area contributed by atoms with Crippen molar-refractivity contribution < 1.29 is 4.79 Å². The molecule has 0 aliphatic carbocycles. The van der Waals surface area contributed by atoms with E-state index in [4.69, 9.17) is 23.2 Å². The summed E-state index contributed by atoms with van der Waals surface area (Å²) in [5, 5.41) is 6.99. The van der Waals surface area contributed by atoms with Crippen LogP contribution in [0.2, 0.25) is 10.0 Å². The van der Waals surface area contributed by atoms with Crippen LogP contribution in [0.4, 0.5) is 5.69 Å². The molecular weight excluding hydrogens is 279 g/mol. The fourth-order valence-corrected chi connectivity index (χ4v) is 2.90. The Morgan fingerprint density at radius 3 is 2.88 bits per heavy atom. The maximum absolute atomic E-state index is 11.9. The number of amides is 1. The molecule has 1 fully saturated rings. The number of hydrogen-bond donors (Lipinski definition) is 2. The summed E-state index contributed by atoms with van der Waals surface area (Å²) in [5.41, 5.74) is 1.45. The van der Waals surface area contributed by atoms with Gasteiger partial charge in [0.1, 0.15) is 0 Å². The van der Waals surface area contributed by atoms with Crippen LogP contribution in [0.3, 0.4) is 0 Å². The van der Waals surface area contributed by atoms with E-state index in [-0.39, 0.29) is 11.9 Å². The van der Waals surface area contributed by atoms with Gasteiger partial charge in [-0.15, -0.1) is 11.8 Å². The van der Waals surface area contributed by atoms with Crippen molar-refractivity contribution in [3.05, 3.63) is 27.7 Å². The Bertz CT molecular complexity index is 447. The summed E-state index contributed by atoms with van der Waals surface area (Å²) in [6.45, 7) is 1.87. The molecule has 0 saturated carbocycles. The fraction of sp³-hybridized carbons (Fsp3) is 0.364. The van der Waals surface area contributed by atoms with Crippen molar-refractivity contribution in [3.63, 3.8) is 0 Å². The molecule has 1 aliphatic rings. The molecule has 1 amide bonds. The minimum Gasteiger partial charge on any atom is -0.323 e. The molecule has 1 unspecified atom stereocenters. The minimum absolute atomic E-state index is 0.0724. The summed E-state index contributed by atoms with van der Waals surface area (Å²) in [4.78, 5) is 11.9. The first-order valence-electron chi connectivity index (χ1n) is 5.15. The molecule has 1 aromatic carbocycles. The van der Waals surface area contributed by atoms with Gasteiger partial charge in [0.2, 0.25) is 5.91 Å². The Morgan fingerprint density at radius 1 is 1.47 bits per heavy atom. The topological polar surface area (TPSA) is 41.1 Å². The quantitative estimate of drug-likeness (QED) is 0.880. The molecule has 3 nitrogen and oxygen atoms in total. The van der Waals surface area contributed by atoms with Crippen molar-refractivity contribution in [1.29, 1.82) is 0 Å². The molecule has 1 saturated heterocycles. The molecule has 1 heterocycles. The fourth-order valence-electron chi connectivity index (χ4n) is 1.53. The van der Waals surface area contributed by atoms with E-state index in [1.165, 1.54) is 0 Å². The van der Waals surface area contributed by atoms with Gasteiger partial charge in [0.25, 0.3) is 0 Å². The first-order valence-corrected chi connectivity index (χ1v) is 7.06. The second-order valence-electron chi connectivity index (χ2n) is 3.84. The number of thioether (sulfide) groups is 1. The number of carbonyl (C=O) groups excluding carboxylic acids is 1. The monoisotopic (exact) mass is 290 g/mol. The van der Waals surface area contributed by atoms with E-state index < -0.39 is 0 Å². The van der Waals surface area contributed by atoms with Gasteiger partial charge in [0.05, 0.1) is 16.8 Å². The third-order valence-electron chi connectivity index (χ3n) is 2.54. The smallest absolute Gasteiger partial charge is 0.242 e. The van der Waals surface area contributed by atoms with E-state index in [0.717, 1.165) is 17.2 Å². The van der Waals surface area contributed by atoms with Gasteiger partial charge in [-0.3, -0.25) is 10.1 Å². The van der Waals surface area contributed by atoms with Gasteiger partial charge in [-0.25, -0.2) is 0 Å². The zero-order chi connectivity index (χ0) is 12.4. The lowest BCUT2D eigenvalue weighted by Crippen LogP contribution is -2.37. The number of benzene rings is 1. The summed E-state index contributed by atoms with van der Waals surface area (Å²) in [6.07, 6.45) is 0. The zero-order valence-corrected chi connectivity index (χ0v) is 11.5. The molecular formula is C11H12Cl2N2OS. The van der Waals surface area contributed by atoms with Crippen LogP contribution in [0.1, 0.15) is 5.56 Å². The van der Waals surface area contributed by atoms with Crippen LogP contribution in [-0.2, 0) is 4.79 Å². The highest BCUT2D eigenvalue weighted by Crippen LogP contribution is 2.29. The Morgan fingerprint density at radius 2 is 2.24 bits per heavy atom. The Hall–Kier alpha value is -0.420. The molecule has 2 rings (SSSR count). The molecule has 6 heteroatoms. The van der Waals surface area contributed by atoms with E-state index >= 15 is 0 Å². The maximum Gasteiger partial charge on any atom is 0.242 e. The van der Waals surface area contributed by atoms with Crippen LogP contribution >= 0.6 is 35.0 Å². The summed E-state index contributed by atoms with van der Waals surface area (Å²) < 4.78 is 0. The van der Waals surface area contributed by atoms with E-state index in [1.807, 2.05) is 6.92 Å². The third-order valence-corrected chi connectivity index (χ3v) is 4.20. The van der Waals surface area contributed by atoms with Crippen molar-refractivity contribution in [2.75, 3.05) is 16.9 Å². The highest BCUT2D eigenvalue weighted by Gasteiger charge is 2.23. The van der Waals surface area contributed by atoms with Crippen LogP contribution < -0.4 is 10.6 Å². The Labute approximate surface area is 114 Å². The van der Waals surface area contributed by atoms with Crippen LogP contribution in [0.15, 0.2) is 12.1 Å². The van der Waals surface area contributed by atoms with Crippen LogP contribution in [0, 0.1) is 6.92 Å². The van der Waals surface area contributed by atoms with Crippen molar-refractivity contribution in [2.45, 2.75) is 13.0 Å². The van der Waals surface area contributed by atoms with Gasteiger partial charge in [-0.05, 0) is 24.6 Å². The average molecular weight is 291 g/mol. The van der Waals surface area contributed by atoms with Gasteiger partial charge >= 0.3 is 0 Å². The van der Waals surface area contributed by atoms with Gasteiger partial charge in [-0.1, -0.05) is 23.2 Å². The second-order valence-corrected chi connectivity index (χ2v) is 5.69. The molecule has 1 atom stereocenters. The average Bonchev–Trinajstić information content (AvgIpc) is 2.79. The number of aryl methyl sites for hydroxylation is 1. The van der Waals surface area contributed by atoms with Crippen LogP contribution in [0.5, 0.6) is 0 Å². The lowest BCUT2D eigenvalue weighted by molar-refractivity contribution is -0.117. The van der Waals surface area contributed by atoms with Gasteiger partial charge < -0.3 is 5.32 Å². The molecule has 0 radical (unpaired) electrons. The normalized spacial score (nSPS) is 19.4. The largest absolute Gasteiger partial charge is 0.323 e. The second kappa shape index (κ2) is 5.48. The molecule has 0 spiro atoms. The molecule has 0 bridgehead atoms. The Kier molecular flexibility index (Phi) is 4.20. The Balaban J connectivity index is 2.12. The molecule has 92 valence electrons. The standard InChI is InChI=1S/C11H12Cl2N2OS/c1-6-2-8(13)9(3-7(6)12)15-11(16)10-4-17-5-14-10/h2-3,10,14H,4-5H2,1H3,(H,15,16). The molecule has 1 aliphatic heterocycles. The maximum atomic E-state index is 11.9. The summed E-state index contributed by atoms with van der Waals surface area (Å²) in [6, 6.07) is 3.27. The predicted molar refractivity (Wildman–Crippen MR) is 74.1 cm³/mol. The third kappa shape index (κ3) is 3.07. The SMILES string of the molecule is Cc1cc(Cl)c(NC(=O)C2CSCN2)cc1Cl. The number of nitrogens with one attached hydrogen (secondary N) is 2.